The molecule has 326 valence electrons. The lowest BCUT2D eigenvalue weighted by molar-refractivity contribution is -0.120. The number of fused-ring (bicyclic) bond motifs is 4. The van der Waals surface area contributed by atoms with E-state index in [9.17, 15) is 14.4 Å². The van der Waals surface area contributed by atoms with Crippen LogP contribution in [-0.4, -0.2) is 99.0 Å². The van der Waals surface area contributed by atoms with Gasteiger partial charge in [0.25, 0.3) is 5.56 Å². The van der Waals surface area contributed by atoms with E-state index in [1.807, 2.05) is 13.1 Å². The summed E-state index contributed by atoms with van der Waals surface area (Å²) in [5, 5.41) is 14.4. The van der Waals surface area contributed by atoms with Crippen molar-refractivity contribution in [3.8, 4) is 5.75 Å². The molecule has 5 aliphatic rings. The molecule has 3 aromatic heterocycles. The van der Waals surface area contributed by atoms with Gasteiger partial charge in [0.1, 0.15) is 10.8 Å². The van der Waals surface area contributed by atoms with Crippen LogP contribution in [0, 0.1) is 17.7 Å². The molecule has 0 bridgehead atoms. The number of pyridine rings is 1. The fraction of sp³-hybridized carbons (Fsp3) is 0.488. The van der Waals surface area contributed by atoms with E-state index in [2.05, 4.69) is 48.0 Å². The van der Waals surface area contributed by atoms with Crippen molar-refractivity contribution >= 4 is 74.3 Å². The van der Waals surface area contributed by atoms with Crippen LogP contribution < -0.4 is 36.0 Å². The van der Waals surface area contributed by atoms with Crippen molar-refractivity contribution in [1.29, 1.82) is 0 Å². The van der Waals surface area contributed by atoms with E-state index in [0.29, 0.717) is 48.4 Å². The molecular weight excluding hydrogens is 827 g/mol. The molecule has 3 amide bonds. The molecule has 19 heteroatoms. The topological polar surface area (TPSA) is 155 Å². The quantitative estimate of drug-likeness (QED) is 0.156. The van der Waals surface area contributed by atoms with Crippen molar-refractivity contribution in [2.45, 2.75) is 62.8 Å². The lowest BCUT2D eigenvalue weighted by Gasteiger charge is -2.38. The number of amides is 3. The van der Waals surface area contributed by atoms with Crippen LogP contribution in [0.5, 0.6) is 5.75 Å². The van der Waals surface area contributed by atoms with Crippen molar-refractivity contribution in [1.82, 2.24) is 34.5 Å². The highest BCUT2D eigenvalue weighted by molar-refractivity contribution is 6.33. The number of piperidine rings is 2. The molecule has 1 aliphatic carbocycles. The summed E-state index contributed by atoms with van der Waals surface area (Å²) in [6, 6.07) is 7.38. The van der Waals surface area contributed by atoms with E-state index in [1.165, 1.54) is 40.4 Å². The number of imide groups is 1. The Morgan fingerprint density at radius 1 is 0.952 bits per heavy atom. The molecule has 62 heavy (non-hydrogen) atoms. The number of carbonyl (C=O) groups is 2. The van der Waals surface area contributed by atoms with E-state index in [1.54, 1.807) is 4.68 Å². The van der Waals surface area contributed by atoms with E-state index in [-0.39, 0.29) is 51.7 Å². The second-order valence-corrected chi connectivity index (χ2v) is 17.8. The van der Waals surface area contributed by atoms with Gasteiger partial charge in [0, 0.05) is 63.5 Å². The largest absolute Gasteiger partial charge is 0.480 e. The maximum Gasteiger partial charge on any atom is 0.329 e. The molecule has 5 aromatic rings. The second kappa shape index (κ2) is 15.6. The van der Waals surface area contributed by atoms with Crippen molar-refractivity contribution in [3.05, 3.63) is 63.3 Å². The molecule has 10 rings (SSSR count). The van der Waals surface area contributed by atoms with Crippen LogP contribution in [0.25, 0.3) is 21.8 Å². The first kappa shape index (κ1) is 40.5. The molecular formula is C43H47ClF3N11O4. The van der Waals surface area contributed by atoms with Crippen LogP contribution in [-0.2, 0) is 18.9 Å². The maximum absolute atomic E-state index is 15.8. The molecule has 0 radical (unpaired) electrons. The number of nitrogens with zero attached hydrogens (tertiary/aromatic N) is 8. The third-order valence-corrected chi connectivity index (χ3v) is 13.6. The third kappa shape index (κ3) is 7.43. The van der Waals surface area contributed by atoms with Gasteiger partial charge in [0.2, 0.25) is 17.6 Å². The normalized spacial score (nSPS) is 21.4. The summed E-state index contributed by atoms with van der Waals surface area (Å²) in [6.07, 6.45) is 7.00. The smallest absolute Gasteiger partial charge is 0.329 e. The van der Waals surface area contributed by atoms with Gasteiger partial charge in [-0.1, -0.05) is 17.7 Å². The average molecular weight is 874 g/mol. The van der Waals surface area contributed by atoms with Gasteiger partial charge >= 0.3 is 12.0 Å². The number of likely N-dealkylation sites (tertiary alicyclic amines) is 1. The van der Waals surface area contributed by atoms with Crippen LogP contribution in [0.15, 0.2) is 41.3 Å². The molecule has 2 aromatic carbocycles. The molecule has 15 nitrogen and oxygen atoms in total. The number of aryl methyl sites for hydroxylation is 2. The predicted octanol–water partition coefficient (Wildman–Crippen LogP) is 6.51. The Morgan fingerprint density at radius 3 is 2.47 bits per heavy atom. The van der Waals surface area contributed by atoms with E-state index in [4.69, 9.17) is 21.3 Å². The number of nitrogens with one attached hydrogen (secondary N) is 3. The molecule has 3 N–H and O–H groups in total. The van der Waals surface area contributed by atoms with Gasteiger partial charge in [-0.2, -0.15) is 10.1 Å². The number of carbonyl (C=O) groups excluding carboxylic acids is 2. The van der Waals surface area contributed by atoms with Crippen molar-refractivity contribution in [2.24, 2.45) is 25.9 Å². The van der Waals surface area contributed by atoms with Crippen LogP contribution >= 0.6 is 11.6 Å². The predicted molar refractivity (Wildman–Crippen MR) is 230 cm³/mol. The van der Waals surface area contributed by atoms with E-state index >= 15 is 13.2 Å². The van der Waals surface area contributed by atoms with Crippen LogP contribution in [0.4, 0.5) is 46.9 Å². The molecule has 7 heterocycles. The van der Waals surface area contributed by atoms with Gasteiger partial charge in [0.15, 0.2) is 18.2 Å². The Kier molecular flexibility index (Phi) is 10.2. The first-order chi connectivity index (χ1) is 29.8. The summed E-state index contributed by atoms with van der Waals surface area (Å²) in [4.78, 5) is 52.8. The lowest BCUT2D eigenvalue weighted by Crippen LogP contribution is -2.49. The highest BCUT2D eigenvalue weighted by atomic mass is 35.5. The molecule has 1 saturated carbocycles. The zero-order chi connectivity index (χ0) is 43.0. The molecule has 0 unspecified atom stereocenters. The van der Waals surface area contributed by atoms with Crippen LogP contribution in [0.2, 0.25) is 5.02 Å². The number of hydrogen-bond donors (Lipinski definition) is 3. The van der Waals surface area contributed by atoms with Crippen LogP contribution in [0.3, 0.4) is 0 Å². The Bertz CT molecular complexity index is 2670. The summed E-state index contributed by atoms with van der Waals surface area (Å²) in [7, 11) is 3.33. The number of benzene rings is 2. The fourth-order valence-electron chi connectivity index (χ4n) is 9.65. The first-order valence-electron chi connectivity index (χ1n) is 21.3. The summed E-state index contributed by atoms with van der Waals surface area (Å²) >= 11 is 6.56. The zero-order valence-corrected chi connectivity index (χ0v) is 35.2. The number of ether oxygens (including phenoxy) is 1. The van der Waals surface area contributed by atoms with E-state index < -0.39 is 36.0 Å². The van der Waals surface area contributed by atoms with Crippen molar-refractivity contribution in [3.63, 3.8) is 0 Å². The number of aromatic nitrogens is 5. The first-order valence-corrected chi connectivity index (χ1v) is 21.7. The Hall–Kier alpha value is -5.62. The Morgan fingerprint density at radius 2 is 1.73 bits per heavy atom. The summed E-state index contributed by atoms with van der Waals surface area (Å²) in [5.41, 5.74) is 1.93. The van der Waals surface area contributed by atoms with Gasteiger partial charge < -0.3 is 29.7 Å². The van der Waals surface area contributed by atoms with Crippen LogP contribution in [0.1, 0.15) is 56.4 Å². The van der Waals surface area contributed by atoms with Gasteiger partial charge in [-0.15, -0.1) is 0 Å². The lowest BCUT2D eigenvalue weighted by atomic mass is 9.88. The standard InChI is InChI=1S/C43H47ClF3N11O4/c1-54-32-19-30(45)31(18-28(32)35-36(40(54)60)62-22-43(46,47)37(51-35)25-3-4-25)49-38-29(44)20-48-41(52-38)57-14-7-23(8-15-57)21-56-12-9-24(10-13-56)26-5-6-27-33(17-26)55(2)53-39(27)58-16-11-34(59)50-42(58)61/h5-6,17-20,23-25,37,51H,3-4,7-16,21-22H2,1-2H3,(H,48,49,52)(H,50,59,61)/t37-/m0/s1. The highest BCUT2D eigenvalue weighted by Gasteiger charge is 2.51. The van der Waals surface area contributed by atoms with Crippen molar-refractivity contribution < 1.29 is 27.5 Å². The number of rotatable bonds is 8. The summed E-state index contributed by atoms with van der Waals surface area (Å²) in [5.74, 6) is -2.50. The highest BCUT2D eigenvalue weighted by Crippen LogP contribution is 2.46. The number of alkyl halides is 2. The Labute approximate surface area is 359 Å². The number of hydrogen-bond acceptors (Lipinski definition) is 11. The number of halogens is 4. The van der Waals surface area contributed by atoms with Gasteiger partial charge in [0.05, 0.1) is 34.6 Å². The Balaban J connectivity index is 0.774. The minimum absolute atomic E-state index is 0.00259. The van der Waals surface area contributed by atoms with E-state index in [0.717, 1.165) is 69.3 Å². The minimum Gasteiger partial charge on any atom is -0.480 e. The zero-order valence-electron chi connectivity index (χ0n) is 34.4. The monoisotopic (exact) mass is 873 g/mol. The molecule has 4 fully saturated rings. The van der Waals surface area contributed by atoms with Gasteiger partial charge in [-0.05, 0) is 93.1 Å². The molecule has 0 spiro atoms. The third-order valence-electron chi connectivity index (χ3n) is 13.3. The van der Waals surface area contributed by atoms with Gasteiger partial charge in [-0.3, -0.25) is 24.5 Å². The minimum atomic E-state index is -3.21. The van der Waals surface area contributed by atoms with Gasteiger partial charge in [-0.25, -0.2) is 22.9 Å². The average Bonchev–Trinajstić information content (AvgIpc) is 4.06. The summed E-state index contributed by atoms with van der Waals surface area (Å²) < 4.78 is 54.6. The molecule has 4 aliphatic heterocycles. The molecule has 3 saturated heterocycles. The van der Waals surface area contributed by atoms with Crippen molar-refractivity contribution in [2.75, 3.05) is 66.3 Å². The summed E-state index contributed by atoms with van der Waals surface area (Å²) in [6.45, 7) is 3.87. The fourth-order valence-corrected chi connectivity index (χ4v) is 9.78. The second-order valence-electron chi connectivity index (χ2n) is 17.4. The molecule has 1 atom stereocenters. The number of anilines is 5. The SMILES string of the molecule is Cn1nc(N2CCC(=O)NC2=O)c2ccc(C3CCN(CC4CCN(c5ncc(Cl)c(Nc6cc7c8c(c(=O)n(C)c7cc6F)OCC(F)(F)[C@H](C6CC6)N8)n5)CC4)CC3)cc21. The maximum atomic E-state index is 15.8. The number of urea groups is 1.